The summed E-state index contributed by atoms with van der Waals surface area (Å²) in [4.78, 5) is 12.2. The summed E-state index contributed by atoms with van der Waals surface area (Å²) in [7, 11) is 0. The van der Waals surface area contributed by atoms with Gasteiger partial charge in [0, 0.05) is 17.7 Å². The third-order valence-corrected chi connectivity index (χ3v) is 4.42. The largest absolute Gasteiger partial charge is 0.490 e. The van der Waals surface area contributed by atoms with Crippen LogP contribution in [0.4, 0.5) is 5.88 Å². The molecule has 0 aliphatic heterocycles. The number of carbonyl (C=O) groups is 1. The maximum absolute atomic E-state index is 12.2. The first-order valence-electron chi connectivity index (χ1n) is 10.4. The lowest BCUT2D eigenvalue weighted by Crippen LogP contribution is -2.17. The average Bonchev–Trinajstić information content (AvgIpc) is 3.57. The van der Waals surface area contributed by atoms with Gasteiger partial charge >= 0.3 is 0 Å². The van der Waals surface area contributed by atoms with Gasteiger partial charge in [0.05, 0.1) is 26.1 Å². The molecule has 10 nitrogen and oxygen atoms in total. The fourth-order valence-corrected chi connectivity index (χ4v) is 3.02. The molecule has 0 radical (unpaired) electrons. The van der Waals surface area contributed by atoms with Gasteiger partial charge in [-0.25, -0.2) is 0 Å². The Kier molecular flexibility index (Phi) is 7.06. The van der Waals surface area contributed by atoms with Crippen LogP contribution >= 0.6 is 0 Å². The molecule has 0 atom stereocenters. The molecule has 3 aromatic heterocycles. The van der Waals surface area contributed by atoms with Crippen molar-refractivity contribution in [1.82, 2.24) is 10.3 Å². The normalized spacial score (nSPS) is 10.8. The monoisotopic (exact) mass is 453 g/mol. The number of hydrogen-bond acceptors (Lipinski definition) is 9. The molecule has 4 rings (SSSR count). The molecule has 0 saturated heterocycles. The Morgan fingerprint density at radius 3 is 2.61 bits per heavy atom. The summed E-state index contributed by atoms with van der Waals surface area (Å²) in [5.41, 5.74) is 1.85. The SMILES string of the molecule is CCOc1ccc(-c2cc(NC(=O)COCc3cc(-c4ccco4)on3)on2)cc1OCC. The van der Waals surface area contributed by atoms with Crippen LogP contribution in [-0.4, -0.2) is 36.0 Å². The van der Waals surface area contributed by atoms with Gasteiger partial charge in [-0.05, 0) is 44.2 Å². The average molecular weight is 453 g/mol. The molecular formula is C23H23N3O7. The van der Waals surface area contributed by atoms with Gasteiger partial charge in [0.2, 0.25) is 11.6 Å². The first-order chi connectivity index (χ1) is 16.2. The zero-order valence-corrected chi connectivity index (χ0v) is 18.2. The Hall–Kier alpha value is -4.05. The van der Waals surface area contributed by atoms with E-state index in [4.69, 9.17) is 27.7 Å². The van der Waals surface area contributed by atoms with Crippen LogP contribution in [0.15, 0.2) is 62.2 Å². The lowest BCUT2D eigenvalue weighted by molar-refractivity contribution is -0.121. The smallest absolute Gasteiger partial charge is 0.252 e. The summed E-state index contributed by atoms with van der Waals surface area (Å²) in [5, 5.41) is 10.5. The van der Waals surface area contributed by atoms with Gasteiger partial charge in [0.15, 0.2) is 17.3 Å². The second kappa shape index (κ2) is 10.5. The maximum atomic E-state index is 12.2. The van der Waals surface area contributed by atoms with Crippen molar-refractivity contribution in [3.63, 3.8) is 0 Å². The third-order valence-electron chi connectivity index (χ3n) is 4.42. The minimum absolute atomic E-state index is 0.103. The number of rotatable bonds is 11. The Morgan fingerprint density at radius 1 is 0.970 bits per heavy atom. The number of nitrogens with zero attached hydrogens (tertiary/aromatic N) is 2. The van der Waals surface area contributed by atoms with Crippen molar-refractivity contribution in [2.75, 3.05) is 25.1 Å². The molecule has 0 aliphatic carbocycles. The van der Waals surface area contributed by atoms with Crippen molar-refractivity contribution in [1.29, 1.82) is 0 Å². The molecule has 0 aliphatic rings. The molecule has 0 bridgehead atoms. The van der Waals surface area contributed by atoms with Gasteiger partial charge in [0.25, 0.3) is 5.91 Å². The van der Waals surface area contributed by atoms with E-state index in [9.17, 15) is 4.79 Å². The summed E-state index contributed by atoms with van der Waals surface area (Å²) in [6.45, 7) is 4.74. The molecule has 0 fully saturated rings. The summed E-state index contributed by atoms with van der Waals surface area (Å²) >= 11 is 0. The molecule has 3 heterocycles. The predicted octanol–water partition coefficient (Wildman–Crippen LogP) is 4.54. The highest BCUT2D eigenvalue weighted by molar-refractivity contribution is 5.90. The van der Waals surface area contributed by atoms with Gasteiger partial charge in [-0.2, -0.15) is 0 Å². The van der Waals surface area contributed by atoms with Crippen molar-refractivity contribution in [2.24, 2.45) is 0 Å². The Balaban J connectivity index is 1.30. The molecule has 33 heavy (non-hydrogen) atoms. The van der Waals surface area contributed by atoms with Crippen LogP contribution in [-0.2, 0) is 16.1 Å². The van der Waals surface area contributed by atoms with Gasteiger partial charge in [-0.3, -0.25) is 10.1 Å². The molecule has 0 spiro atoms. The molecule has 10 heteroatoms. The van der Waals surface area contributed by atoms with Crippen LogP contribution < -0.4 is 14.8 Å². The molecule has 4 aromatic rings. The van der Waals surface area contributed by atoms with Gasteiger partial charge in [0.1, 0.15) is 18.0 Å². The summed E-state index contributed by atoms with van der Waals surface area (Å²) in [5.74, 6) is 2.12. The lowest BCUT2D eigenvalue weighted by atomic mass is 10.1. The highest BCUT2D eigenvalue weighted by Crippen LogP contribution is 2.33. The van der Waals surface area contributed by atoms with E-state index in [-0.39, 0.29) is 19.1 Å². The zero-order valence-electron chi connectivity index (χ0n) is 18.2. The van der Waals surface area contributed by atoms with E-state index >= 15 is 0 Å². The van der Waals surface area contributed by atoms with E-state index in [1.807, 2.05) is 32.0 Å². The van der Waals surface area contributed by atoms with Crippen LogP contribution in [0, 0.1) is 0 Å². The van der Waals surface area contributed by atoms with Crippen LogP contribution in [0.2, 0.25) is 0 Å². The van der Waals surface area contributed by atoms with Crippen molar-refractivity contribution >= 4 is 11.8 Å². The van der Waals surface area contributed by atoms with Gasteiger partial charge in [-0.15, -0.1) is 0 Å². The number of furan rings is 1. The minimum Gasteiger partial charge on any atom is -0.490 e. The zero-order chi connectivity index (χ0) is 23.0. The van der Waals surface area contributed by atoms with Crippen molar-refractivity contribution in [3.8, 4) is 34.3 Å². The predicted molar refractivity (Wildman–Crippen MR) is 117 cm³/mol. The fraction of sp³-hybridized carbons (Fsp3) is 0.261. The standard InChI is InChI=1S/C23H23N3O7/c1-3-29-19-8-7-15(10-20(19)30-4-2)17-12-23(33-26-17)24-22(27)14-28-13-16-11-21(32-25-16)18-6-5-9-31-18/h5-12H,3-4,13-14H2,1-2H3,(H,24,27). The van der Waals surface area contributed by atoms with E-state index in [1.54, 1.807) is 30.5 Å². The number of aromatic nitrogens is 2. The topological polar surface area (TPSA) is 122 Å². The highest BCUT2D eigenvalue weighted by atomic mass is 16.5. The Morgan fingerprint density at radius 2 is 1.82 bits per heavy atom. The van der Waals surface area contributed by atoms with E-state index in [0.717, 1.165) is 5.56 Å². The van der Waals surface area contributed by atoms with Crippen molar-refractivity contribution in [2.45, 2.75) is 20.5 Å². The molecule has 1 amide bonds. The van der Waals surface area contributed by atoms with Crippen molar-refractivity contribution in [3.05, 3.63) is 54.4 Å². The fourth-order valence-electron chi connectivity index (χ4n) is 3.02. The Labute approximate surface area is 189 Å². The summed E-state index contributed by atoms with van der Waals surface area (Å²) in [6.07, 6.45) is 1.54. The number of amides is 1. The molecule has 0 saturated carbocycles. The van der Waals surface area contributed by atoms with Crippen molar-refractivity contribution < 1.29 is 32.5 Å². The lowest BCUT2D eigenvalue weighted by Gasteiger charge is -2.11. The van der Waals surface area contributed by atoms with Gasteiger partial charge in [-0.1, -0.05) is 10.3 Å². The second-order valence-electron chi connectivity index (χ2n) is 6.80. The maximum Gasteiger partial charge on any atom is 0.252 e. The van der Waals surface area contributed by atoms with Crippen LogP contribution in [0.1, 0.15) is 19.5 Å². The number of carbonyl (C=O) groups excluding carboxylic acids is 1. The molecule has 0 unspecified atom stereocenters. The van der Waals surface area contributed by atoms with E-state index < -0.39 is 5.91 Å². The van der Waals surface area contributed by atoms with Crippen LogP contribution in [0.3, 0.4) is 0 Å². The number of nitrogens with one attached hydrogen (secondary N) is 1. The minimum atomic E-state index is -0.394. The molecule has 172 valence electrons. The van der Waals surface area contributed by atoms with E-state index in [0.29, 0.717) is 47.6 Å². The highest BCUT2D eigenvalue weighted by Gasteiger charge is 2.14. The van der Waals surface area contributed by atoms with Crippen LogP contribution in [0.5, 0.6) is 11.5 Å². The first kappa shape index (κ1) is 22.2. The Bertz CT molecular complexity index is 1180. The first-order valence-corrected chi connectivity index (χ1v) is 10.4. The molecular weight excluding hydrogens is 430 g/mol. The van der Waals surface area contributed by atoms with Gasteiger partial charge < -0.3 is 27.7 Å². The number of ether oxygens (including phenoxy) is 3. The second-order valence-corrected chi connectivity index (χ2v) is 6.80. The quantitative estimate of drug-likeness (QED) is 0.349. The summed E-state index contributed by atoms with van der Waals surface area (Å²) in [6, 6.07) is 12.3. The molecule has 1 N–H and O–H groups in total. The van der Waals surface area contributed by atoms with E-state index in [2.05, 4.69) is 15.6 Å². The van der Waals surface area contributed by atoms with Crippen LogP contribution in [0.25, 0.3) is 22.8 Å². The number of hydrogen-bond donors (Lipinski definition) is 1. The molecule has 1 aromatic carbocycles. The number of anilines is 1. The number of benzene rings is 1. The van der Waals surface area contributed by atoms with E-state index in [1.165, 1.54) is 0 Å². The third kappa shape index (κ3) is 5.60. The summed E-state index contributed by atoms with van der Waals surface area (Å²) < 4.78 is 32.3.